The van der Waals surface area contributed by atoms with Crippen molar-refractivity contribution in [2.24, 2.45) is 0 Å². The Labute approximate surface area is 106 Å². The van der Waals surface area contributed by atoms with Gasteiger partial charge in [0.25, 0.3) is 0 Å². The fourth-order valence-electron chi connectivity index (χ4n) is 2.08. The van der Waals surface area contributed by atoms with Crippen LogP contribution in [0.4, 0.5) is 0 Å². The summed E-state index contributed by atoms with van der Waals surface area (Å²) in [7, 11) is 0. The Bertz CT molecular complexity index is 521. The number of phenols is 1. The van der Waals surface area contributed by atoms with E-state index in [1.807, 2.05) is 30.3 Å². The molecule has 2 aromatic rings. The van der Waals surface area contributed by atoms with Crippen LogP contribution in [0.5, 0.6) is 5.75 Å². The SMILES string of the molecule is OCc1c(O)ccc(Cc2ccccc2)c1CO. The lowest BCUT2D eigenvalue weighted by molar-refractivity contribution is 0.254. The first-order chi connectivity index (χ1) is 8.76. The number of hydrogen-bond donors (Lipinski definition) is 3. The molecule has 3 heteroatoms. The summed E-state index contributed by atoms with van der Waals surface area (Å²) in [6.45, 7) is -0.461. The van der Waals surface area contributed by atoms with Gasteiger partial charge in [-0.25, -0.2) is 0 Å². The van der Waals surface area contributed by atoms with E-state index in [0.29, 0.717) is 17.5 Å². The van der Waals surface area contributed by atoms with Gasteiger partial charge < -0.3 is 15.3 Å². The lowest BCUT2D eigenvalue weighted by Crippen LogP contribution is -2.01. The molecule has 2 aromatic carbocycles. The molecule has 0 fully saturated rings. The van der Waals surface area contributed by atoms with Gasteiger partial charge in [0.2, 0.25) is 0 Å². The number of rotatable bonds is 4. The van der Waals surface area contributed by atoms with Gasteiger partial charge in [0.05, 0.1) is 13.2 Å². The van der Waals surface area contributed by atoms with E-state index < -0.39 is 0 Å². The molecule has 3 N–H and O–H groups in total. The maximum absolute atomic E-state index is 9.64. The Balaban J connectivity index is 2.39. The molecule has 0 aliphatic carbocycles. The summed E-state index contributed by atoms with van der Waals surface area (Å²) in [4.78, 5) is 0. The van der Waals surface area contributed by atoms with Gasteiger partial charge in [-0.1, -0.05) is 36.4 Å². The number of aliphatic hydroxyl groups excluding tert-OH is 2. The molecule has 0 aromatic heterocycles. The predicted octanol–water partition coefficient (Wildman–Crippen LogP) is 1.97. The Morgan fingerprint density at radius 3 is 2.06 bits per heavy atom. The second kappa shape index (κ2) is 5.67. The van der Waals surface area contributed by atoms with E-state index in [2.05, 4.69) is 0 Å². The minimum Gasteiger partial charge on any atom is -0.508 e. The van der Waals surface area contributed by atoms with Crippen molar-refractivity contribution < 1.29 is 15.3 Å². The Morgan fingerprint density at radius 2 is 1.44 bits per heavy atom. The first-order valence-electron chi connectivity index (χ1n) is 5.84. The quantitative estimate of drug-likeness (QED) is 0.770. The summed E-state index contributed by atoms with van der Waals surface area (Å²) in [5.41, 5.74) is 3.07. The summed E-state index contributed by atoms with van der Waals surface area (Å²) < 4.78 is 0. The van der Waals surface area contributed by atoms with Crippen LogP contribution < -0.4 is 0 Å². The van der Waals surface area contributed by atoms with Crippen molar-refractivity contribution >= 4 is 0 Å². The van der Waals surface area contributed by atoms with E-state index in [9.17, 15) is 15.3 Å². The molecule has 0 atom stereocenters. The summed E-state index contributed by atoms with van der Waals surface area (Å²) in [5, 5.41) is 28.3. The van der Waals surface area contributed by atoms with Crippen LogP contribution in [-0.4, -0.2) is 15.3 Å². The molecule has 0 amide bonds. The molecule has 94 valence electrons. The van der Waals surface area contributed by atoms with E-state index in [0.717, 1.165) is 11.1 Å². The predicted molar refractivity (Wildman–Crippen MR) is 69.2 cm³/mol. The van der Waals surface area contributed by atoms with E-state index in [4.69, 9.17) is 0 Å². The normalized spacial score (nSPS) is 10.6. The van der Waals surface area contributed by atoms with Crippen molar-refractivity contribution in [2.75, 3.05) is 0 Å². The third-order valence-corrected chi connectivity index (χ3v) is 3.06. The second-order valence-corrected chi connectivity index (χ2v) is 4.18. The van der Waals surface area contributed by atoms with Gasteiger partial charge in [-0.15, -0.1) is 0 Å². The molecule has 3 nitrogen and oxygen atoms in total. The summed E-state index contributed by atoms with van der Waals surface area (Å²) in [6, 6.07) is 13.2. The van der Waals surface area contributed by atoms with Crippen LogP contribution in [-0.2, 0) is 19.6 Å². The van der Waals surface area contributed by atoms with E-state index in [1.165, 1.54) is 0 Å². The minimum atomic E-state index is -0.273. The zero-order chi connectivity index (χ0) is 13.0. The highest BCUT2D eigenvalue weighted by molar-refractivity contribution is 5.45. The lowest BCUT2D eigenvalue weighted by atomic mass is 9.95. The smallest absolute Gasteiger partial charge is 0.121 e. The van der Waals surface area contributed by atoms with Crippen molar-refractivity contribution in [3.63, 3.8) is 0 Å². The zero-order valence-corrected chi connectivity index (χ0v) is 10.0. The second-order valence-electron chi connectivity index (χ2n) is 4.18. The van der Waals surface area contributed by atoms with E-state index >= 15 is 0 Å². The zero-order valence-electron chi connectivity index (χ0n) is 10.0. The monoisotopic (exact) mass is 244 g/mol. The molecule has 0 radical (unpaired) electrons. The molecule has 0 aliphatic heterocycles. The van der Waals surface area contributed by atoms with Crippen LogP contribution in [0.1, 0.15) is 22.3 Å². The van der Waals surface area contributed by atoms with Crippen molar-refractivity contribution in [3.05, 3.63) is 64.7 Å². The average molecular weight is 244 g/mol. The van der Waals surface area contributed by atoms with E-state index in [1.54, 1.807) is 12.1 Å². The summed E-state index contributed by atoms with van der Waals surface area (Å²) >= 11 is 0. The third kappa shape index (κ3) is 2.53. The van der Waals surface area contributed by atoms with Crippen molar-refractivity contribution in [2.45, 2.75) is 19.6 Å². The van der Waals surface area contributed by atoms with Gasteiger partial charge in [0.1, 0.15) is 5.75 Å². The highest BCUT2D eigenvalue weighted by Gasteiger charge is 2.11. The number of hydrogen-bond acceptors (Lipinski definition) is 3. The highest BCUT2D eigenvalue weighted by atomic mass is 16.3. The summed E-state index contributed by atoms with van der Waals surface area (Å²) in [6.07, 6.45) is 0.671. The topological polar surface area (TPSA) is 60.7 Å². The summed E-state index contributed by atoms with van der Waals surface area (Å²) in [5.74, 6) is 0.0263. The fourth-order valence-corrected chi connectivity index (χ4v) is 2.08. The molecule has 0 heterocycles. The van der Waals surface area contributed by atoms with Gasteiger partial charge >= 0.3 is 0 Å². The standard InChI is InChI=1S/C15H16O3/c16-9-13-12(6-7-15(18)14(13)10-17)8-11-4-2-1-3-5-11/h1-7,16-18H,8-10H2. The molecule has 0 saturated heterocycles. The van der Waals surface area contributed by atoms with Crippen LogP contribution >= 0.6 is 0 Å². The Morgan fingerprint density at radius 1 is 0.778 bits per heavy atom. The molecular formula is C15H16O3. The Kier molecular flexibility index (Phi) is 3.97. The van der Waals surface area contributed by atoms with Crippen molar-refractivity contribution in [1.29, 1.82) is 0 Å². The third-order valence-electron chi connectivity index (χ3n) is 3.06. The molecule has 0 bridgehead atoms. The molecule has 18 heavy (non-hydrogen) atoms. The van der Waals surface area contributed by atoms with Crippen molar-refractivity contribution in [1.82, 2.24) is 0 Å². The number of benzene rings is 2. The van der Waals surface area contributed by atoms with Gasteiger partial charge in [0, 0.05) is 5.56 Å². The van der Waals surface area contributed by atoms with E-state index in [-0.39, 0.29) is 19.0 Å². The lowest BCUT2D eigenvalue weighted by Gasteiger charge is -2.13. The Hall–Kier alpha value is -1.84. The first kappa shape index (κ1) is 12.6. The molecular weight excluding hydrogens is 228 g/mol. The molecule has 0 unspecified atom stereocenters. The van der Waals surface area contributed by atoms with Crippen LogP contribution in [0.3, 0.4) is 0 Å². The van der Waals surface area contributed by atoms with Gasteiger partial charge in [-0.3, -0.25) is 0 Å². The van der Waals surface area contributed by atoms with Crippen molar-refractivity contribution in [3.8, 4) is 5.75 Å². The maximum Gasteiger partial charge on any atom is 0.121 e. The molecule has 2 rings (SSSR count). The maximum atomic E-state index is 9.64. The minimum absolute atomic E-state index is 0.0263. The van der Waals surface area contributed by atoms with Crippen LogP contribution in [0.2, 0.25) is 0 Å². The highest BCUT2D eigenvalue weighted by Crippen LogP contribution is 2.26. The average Bonchev–Trinajstić information content (AvgIpc) is 2.41. The molecule has 0 aliphatic rings. The number of aromatic hydroxyl groups is 1. The molecule has 0 saturated carbocycles. The fraction of sp³-hybridized carbons (Fsp3) is 0.200. The number of aliphatic hydroxyl groups is 2. The van der Waals surface area contributed by atoms with Crippen LogP contribution in [0.15, 0.2) is 42.5 Å². The van der Waals surface area contributed by atoms with Crippen LogP contribution in [0.25, 0.3) is 0 Å². The largest absolute Gasteiger partial charge is 0.508 e. The van der Waals surface area contributed by atoms with Crippen LogP contribution in [0, 0.1) is 0 Å². The van der Waals surface area contributed by atoms with Gasteiger partial charge in [0.15, 0.2) is 0 Å². The first-order valence-corrected chi connectivity index (χ1v) is 5.84. The molecule has 0 spiro atoms. The van der Waals surface area contributed by atoms with Gasteiger partial charge in [-0.2, -0.15) is 0 Å². The van der Waals surface area contributed by atoms with Gasteiger partial charge in [-0.05, 0) is 29.2 Å².